The minimum Gasteiger partial charge on any atom is -0.497 e. The van der Waals surface area contributed by atoms with Crippen LogP contribution in [0.2, 0.25) is 0 Å². The number of hydrogen-bond acceptors (Lipinski definition) is 7. The Morgan fingerprint density at radius 1 is 1.05 bits per heavy atom. The minimum atomic E-state index is -0.829. The average molecular weight is 571 g/mol. The maximum absolute atomic E-state index is 12.4. The number of carboxylic acid groups (broad SMARTS) is 1. The van der Waals surface area contributed by atoms with Crippen molar-refractivity contribution < 1.29 is 33.6 Å². The number of carbonyl (C=O) groups is 2. The maximum atomic E-state index is 12.4. The summed E-state index contributed by atoms with van der Waals surface area (Å²) in [4.78, 5) is 26.9. The number of ether oxygens (including phenoxy) is 4. The van der Waals surface area contributed by atoms with Gasteiger partial charge >= 0.3 is 5.97 Å². The third-order valence-electron chi connectivity index (χ3n) is 7.59. The van der Waals surface area contributed by atoms with Gasteiger partial charge in [0.15, 0.2) is 11.5 Å². The van der Waals surface area contributed by atoms with Gasteiger partial charge < -0.3 is 29.0 Å². The molecule has 1 N–H and O–H groups in total. The number of aliphatic carboxylic acids is 1. The average Bonchev–Trinajstić information content (AvgIpc) is 3.60. The second-order valence-electron chi connectivity index (χ2n) is 10.6. The third-order valence-corrected chi connectivity index (χ3v) is 7.59. The van der Waals surface area contributed by atoms with Crippen LogP contribution in [0.5, 0.6) is 23.0 Å². The Hall–Kier alpha value is -3.46. The Kier molecular flexibility index (Phi) is 12.6. The molecule has 1 fully saturated rings. The van der Waals surface area contributed by atoms with E-state index in [0.29, 0.717) is 36.1 Å². The second kappa shape index (κ2) is 16.1. The van der Waals surface area contributed by atoms with Gasteiger partial charge in [-0.3, -0.25) is 14.5 Å². The first kappa shape index (κ1) is 32.1. The minimum absolute atomic E-state index is 0.187. The van der Waals surface area contributed by atoms with Crippen LogP contribution in [0.25, 0.3) is 0 Å². The highest BCUT2D eigenvalue weighted by Crippen LogP contribution is 2.49. The highest BCUT2D eigenvalue weighted by molar-refractivity contribution is 5.74. The molecule has 0 radical (unpaired) electrons. The van der Waals surface area contributed by atoms with E-state index in [9.17, 15) is 14.7 Å². The van der Waals surface area contributed by atoms with Crippen LogP contribution < -0.4 is 18.9 Å². The van der Waals surface area contributed by atoms with Crippen molar-refractivity contribution in [3.05, 3.63) is 47.5 Å². The van der Waals surface area contributed by atoms with E-state index in [4.69, 9.17) is 18.9 Å². The number of fused-ring (bicyclic) bond motifs is 1. The predicted octanol–water partition coefficient (Wildman–Crippen LogP) is 5.73. The third kappa shape index (κ3) is 8.28. The fraction of sp³-hybridized carbons (Fsp3) is 0.562. The molecule has 3 atom stereocenters. The van der Waals surface area contributed by atoms with Crippen LogP contribution in [0, 0.1) is 5.92 Å². The summed E-state index contributed by atoms with van der Waals surface area (Å²) in [7, 11) is 3.57. The van der Waals surface area contributed by atoms with Gasteiger partial charge in [0.2, 0.25) is 13.2 Å². The predicted molar refractivity (Wildman–Crippen MR) is 158 cm³/mol. The Morgan fingerprint density at radius 2 is 1.76 bits per heavy atom. The van der Waals surface area contributed by atoms with Crippen molar-refractivity contribution >= 4 is 12.4 Å². The molecule has 0 bridgehead atoms. The van der Waals surface area contributed by atoms with E-state index in [0.717, 1.165) is 62.7 Å². The summed E-state index contributed by atoms with van der Waals surface area (Å²) in [5, 5.41) is 10.2. The van der Waals surface area contributed by atoms with Crippen molar-refractivity contribution in [1.82, 2.24) is 9.80 Å². The van der Waals surface area contributed by atoms with Crippen LogP contribution in [0.4, 0.5) is 0 Å². The van der Waals surface area contributed by atoms with Crippen LogP contribution >= 0.6 is 0 Å². The van der Waals surface area contributed by atoms with Crippen molar-refractivity contribution in [1.29, 1.82) is 0 Å². The van der Waals surface area contributed by atoms with Crippen LogP contribution in [-0.4, -0.2) is 74.5 Å². The molecular formula is C32H46N2O7. The summed E-state index contributed by atoms with van der Waals surface area (Å²) < 4.78 is 22.2. The molecule has 226 valence electrons. The van der Waals surface area contributed by atoms with Gasteiger partial charge in [-0.15, -0.1) is 0 Å². The first-order valence-electron chi connectivity index (χ1n) is 14.7. The van der Waals surface area contributed by atoms with E-state index < -0.39 is 11.9 Å². The van der Waals surface area contributed by atoms with Gasteiger partial charge in [0.25, 0.3) is 0 Å². The molecule has 4 rings (SSSR count). The van der Waals surface area contributed by atoms with Crippen molar-refractivity contribution in [3.8, 4) is 23.0 Å². The van der Waals surface area contributed by atoms with E-state index in [1.807, 2.05) is 55.3 Å². The van der Waals surface area contributed by atoms with Gasteiger partial charge in [-0.1, -0.05) is 45.7 Å². The molecule has 2 aliphatic heterocycles. The molecule has 2 aliphatic rings. The van der Waals surface area contributed by atoms with Crippen molar-refractivity contribution in [2.75, 3.05) is 47.2 Å². The first-order valence-corrected chi connectivity index (χ1v) is 14.7. The number of hydrogen-bond donors (Lipinski definition) is 1. The van der Waals surface area contributed by atoms with E-state index in [1.165, 1.54) is 0 Å². The van der Waals surface area contributed by atoms with E-state index >= 15 is 0 Å². The molecule has 9 nitrogen and oxygen atoms in total. The van der Waals surface area contributed by atoms with Crippen LogP contribution in [0.15, 0.2) is 36.4 Å². The molecule has 0 aromatic heterocycles. The summed E-state index contributed by atoms with van der Waals surface area (Å²) in [6, 6.07) is 11.0. The highest BCUT2D eigenvalue weighted by atomic mass is 16.7. The first-order chi connectivity index (χ1) is 19.9. The van der Waals surface area contributed by atoms with Gasteiger partial charge in [-0.05, 0) is 50.1 Å². The number of nitrogens with zero attached hydrogens (tertiary/aromatic N) is 2. The summed E-state index contributed by atoms with van der Waals surface area (Å²) >= 11 is 0. The number of likely N-dealkylation sites (N-methyl/N-ethyl adjacent to an activating group) is 1. The fourth-order valence-corrected chi connectivity index (χ4v) is 5.39. The SMILES string of the molecule is CCCCN(C=O)CCCC.CCCOc1cc(OC)ccc1C1C(C(=O)O)C(c2ccc3c(c2)OCO3)CN1C. The Morgan fingerprint density at radius 3 is 2.37 bits per heavy atom. The van der Waals surface area contributed by atoms with Gasteiger partial charge in [0, 0.05) is 37.2 Å². The van der Waals surface area contributed by atoms with Gasteiger partial charge in [0.05, 0.1) is 25.7 Å². The highest BCUT2D eigenvalue weighted by Gasteiger charge is 2.47. The lowest BCUT2D eigenvalue weighted by Gasteiger charge is -2.26. The normalized spacial score (nSPS) is 19.3. The maximum Gasteiger partial charge on any atom is 0.309 e. The topological polar surface area (TPSA) is 97.8 Å². The Labute approximate surface area is 244 Å². The number of carbonyl (C=O) groups excluding carboxylic acids is 1. The van der Waals surface area contributed by atoms with E-state index in [2.05, 4.69) is 18.7 Å². The number of amides is 1. The summed E-state index contributed by atoms with van der Waals surface area (Å²) in [5.74, 6) is 1.07. The number of carboxylic acids is 1. The largest absolute Gasteiger partial charge is 0.497 e. The number of likely N-dealkylation sites (tertiary alicyclic amines) is 1. The zero-order valence-electron chi connectivity index (χ0n) is 25.1. The molecule has 0 aliphatic carbocycles. The lowest BCUT2D eigenvalue weighted by molar-refractivity contribution is -0.143. The molecule has 3 unspecified atom stereocenters. The molecule has 9 heteroatoms. The second-order valence-corrected chi connectivity index (χ2v) is 10.6. The number of unbranched alkanes of at least 4 members (excludes halogenated alkanes) is 2. The van der Waals surface area contributed by atoms with Crippen molar-refractivity contribution in [2.45, 2.75) is 64.8 Å². The van der Waals surface area contributed by atoms with E-state index in [-0.39, 0.29) is 18.8 Å². The van der Waals surface area contributed by atoms with Crippen LogP contribution in [-0.2, 0) is 9.59 Å². The van der Waals surface area contributed by atoms with Crippen LogP contribution in [0.1, 0.15) is 76.0 Å². The number of benzene rings is 2. The summed E-state index contributed by atoms with van der Waals surface area (Å²) in [5.41, 5.74) is 1.80. The molecule has 0 saturated carbocycles. The van der Waals surface area contributed by atoms with Crippen molar-refractivity contribution in [3.63, 3.8) is 0 Å². The lowest BCUT2D eigenvalue weighted by atomic mass is 9.82. The molecule has 2 heterocycles. The molecule has 41 heavy (non-hydrogen) atoms. The monoisotopic (exact) mass is 570 g/mol. The molecule has 2 aromatic carbocycles. The standard InChI is InChI=1S/C23H27NO6.C9H19NO/c1-4-9-28-19-11-15(27-3)6-7-16(19)22-21(23(25)26)17(12-24(22)2)14-5-8-18-20(10-14)30-13-29-18;1-3-5-7-10(9-11)8-6-4-2/h5-8,10-11,17,21-22H,4,9,12-13H2,1-3H3,(H,25,26);9H,3-8H2,1-2H3. The van der Waals surface area contributed by atoms with E-state index in [1.54, 1.807) is 7.11 Å². The zero-order valence-corrected chi connectivity index (χ0v) is 25.1. The molecular weight excluding hydrogens is 524 g/mol. The number of methoxy groups -OCH3 is 1. The number of rotatable bonds is 14. The quantitative estimate of drug-likeness (QED) is 0.288. The Balaban J connectivity index is 0.000000358. The van der Waals surface area contributed by atoms with Crippen LogP contribution in [0.3, 0.4) is 0 Å². The lowest BCUT2D eigenvalue weighted by Crippen LogP contribution is -2.27. The summed E-state index contributed by atoms with van der Waals surface area (Å²) in [6.45, 7) is 9.54. The summed E-state index contributed by atoms with van der Waals surface area (Å²) in [6.07, 6.45) is 6.41. The van der Waals surface area contributed by atoms with Crippen molar-refractivity contribution in [2.24, 2.45) is 5.92 Å². The Bertz CT molecular complexity index is 1120. The van der Waals surface area contributed by atoms with Gasteiger partial charge in [0.1, 0.15) is 11.5 Å². The smallest absolute Gasteiger partial charge is 0.309 e. The molecule has 0 spiro atoms. The molecule has 1 amide bonds. The van der Waals surface area contributed by atoms with Gasteiger partial charge in [-0.25, -0.2) is 0 Å². The van der Waals surface area contributed by atoms with Gasteiger partial charge in [-0.2, -0.15) is 0 Å². The fourth-order valence-electron chi connectivity index (χ4n) is 5.39. The zero-order chi connectivity index (χ0) is 29.8. The molecule has 1 saturated heterocycles. The molecule has 2 aromatic rings.